The second kappa shape index (κ2) is 8.46. The first-order valence-electron chi connectivity index (χ1n) is 7.91. The standard InChI is InChI=1S/C19H24O2/c1-2-21-19(20)11-7-6-8-16-12-14-18(15-13-16)17-9-4-3-5-10-17/h4,9-10,12-15H,2-3,5-8,11H2,1H3. The Morgan fingerprint density at radius 1 is 1.14 bits per heavy atom. The number of carbonyl (C=O) groups is 1. The van der Waals surface area contributed by atoms with Crippen LogP contribution in [0.15, 0.2) is 42.5 Å². The topological polar surface area (TPSA) is 26.3 Å². The molecule has 0 amide bonds. The maximum absolute atomic E-state index is 11.2. The van der Waals surface area contributed by atoms with Crippen LogP contribution in [-0.4, -0.2) is 12.6 Å². The predicted octanol–water partition coefficient (Wildman–Crippen LogP) is 4.70. The van der Waals surface area contributed by atoms with Gasteiger partial charge in [-0.1, -0.05) is 42.5 Å². The van der Waals surface area contributed by atoms with Gasteiger partial charge >= 0.3 is 5.97 Å². The highest BCUT2D eigenvalue weighted by molar-refractivity contribution is 5.74. The minimum atomic E-state index is -0.0797. The molecular weight excluding hydrogens is 260 g/mol. The molecule has 0 unspecified atom stereocenters. The van der Waals surface area contributed by atoms with E-state index in [1.807, 2.05) is 6.92 Å². The molecule has 2 nitrogen and oxygen atoms in total. The number of rotatable bonds is 7. The normalized spacial score (nSPS) is 13.9. The van der Waals surface area contributed by atoms with Gasteiger partial charge in [0, 0.05) is 6.42 Å². The number of benzene rings is 1. The molecule has 21 heavy (non-hydrogen) atoms. The Morgan fingerprint density at radius 3 is 2.62 bits per heavy atom. The summed E-state index contributed by atoms with van der Waals surface area (Å²) in [5.41, 5.74) is 3.96. The molecule has 0 radical (unpaired) electrons. The minimum absolute atomic E-state index is 0.0797. The summed E-state index contributed by atoms with van der Waals surface area (Å²) in [5, 5.41) is 0. The van der Waals surface area contributed by atoms with E-state index in [0.29, 0.717) is 13.0 Å². The van der Waals surface area contributed by atoms with Gasteiger partial charge < -0.3 is 4.74 Å². The average molecular weight is 284 g/mol. The molecule has 2 heteroatoms. The number of hydrogen-bond donors (Lipinski definition) is 0. The molecule has 1 aromatic rings. The Morgan fingerprint density at radius 2 is 1.95 bits per heavy atom. The van der Waals surface area contributed by atoms with E-state index >= 15 is 0 Å². The van der Waals surface area contributed by atoms with Crippen LogP contribution in [0, 0.1) is 0 Å². The Kier molecular flexibility index (Phi) is 6.26. The Labute approximate surface area is 127 Å². The molecule has 112 valence electrons. The van der Waals surface area contributed by atoms with Crippen LogP contribution in [0.25, 0.3) is 5.57 Å². The Balaban J connectivity index is 1.76. The van der Waals surface area contributed by atoms with Gasteiger partial charge in [0.25, 0.3) is 0 Å². The lowest BCUT2D eigenvalue weighted by Gasteiger charge is -2.08. The predicted molar refractivity (Wildman–Crippen MR) is 87.0 cm³/mol. The van der Waals surface area contributed by atoms with E-state index in [0.717, 1.165) is 32.1 Å². The van der Waals surface area contributed by atoms with Crippen LogP contribution in [-0.2, 0) is 16.0 Å². The Hall–Kier alpha value is -1.83. The van der Waals surface area contributed by atoms with Crippen molar-refractivity contribution in [3.63, 3.8) is 0 Å². The van der Waals surface area contributed by atoms with Gasteiger partial charge in [-0.3, -0.25) is 4.79 Å². The van der Waals surface area contributed by atoms with E-state index in [2.05, 4.69) is 42.5 Å². The van der Waals surface area contributed by atoms with Crippen LogP contribution in [0.1, 0.15) is 50.2 Å². The number of hydrogen-bond acceptors (Lipinski definition) is 2. The maximum Gasteiger partial charge on any atom is 0.305 e. The SMILES string of the molecule is CCOC(=O)CCCCc1ccc(C2=CCCC=C2)cc1. The zero-order valence-corrected chi connectivity index (χ0v) is 12.8. The fraction of sp³-hybridized carbons (Fsp3) is 0.421. The third-order valence-electron chi connectivity index (χ3n) is 3.68. The van der Waals surface area contributed by atoms with E-state index in [-0.39, 0.29) is 5.97 Å². The van der Waals surface area contributed by atoms with E-state index in [1.165, 1.54) is 16.7 Å². The monoisotopic (exact) mass is 284 g/mol. The highest BCUT2D eigenvalue weighted by Gasteiger charge is 2.03. The molecule has 0 atom stereocenters. The van der Waals surface area contributed by atoms with Crippen LogP contribution in [0.3, 0.4) is 0 Å². The number of aryl methyl sites for hydroxylation is 1. The molecule has 0 saturated heterocycles. The first kappa shape index (κ1) is 15.6. The van der Waals surface area contributed by atoms with Crippen molar-refractivity contribution in [3.8, 4) is 0 Å². The zero-order chi connectivity index (χ0) is 14.9. The smallest absolute Gasteiger partial charge is 0.305 e. The number of ether oxygens (including phenoxy) is 1. The van der Waals surface area contributed by atoms with Crippen LogP contribution in [0.2, 0.25) is 0 Å². The Bertz CT molecular complexity index is 509. The number of esters is 1. The van der Waals surface area contributed by atoms with Gasteiger partial charge in [-0.2, -0.15) is 0 Å². The molecule has 0 aromatic heterocycles. The van der Waals surface area contributed by atoms with Gasteiger partial charge in [0.05, 0.1) is 6.61 Å². The van der Waals surface area contributed by atoms with Crippen LogP contribution >= 0.6 is 0 Å². The summed E-state index contributed by atoms with van der Waals surface area (Å²) in [6.45, 7) is 2.32. The van der Waals surface area contributed by atoms with Crippen LogP contribution in [0.5, 0.6) is 0 Å². The van der Waals surface area contributed by atoms with Crippen molar-refractivity contribution in [2.75, 3.05) is 6.61 Å². The molecule has 0 heterocycles. The molecule has 0 spiro atoms. The molecule has 0 aliphatic heterocycles. The van der Waals surface area contributed by atoms with E-state index in [1.54, 1.807) is 0 Å². The second-order valence-electron chi connectivity index (χ2n) is 5.35. The van der Waals surface area contributed by atoms with Crippen LogP contribution < -0.4 is 0 Å². The third kappa shape index (κ3) is 5.22. The molecule has 1 aliphatic carbocycles. The highest BCUT2D eigenvalue weighted by Crippen LogP contribution is 2.22. The molecule has 1 aliphatic rings. The van der Waals surface area contributed by atoms with Crippen molar-refractivity contribution < 1.29 is 9.53 Å². The highest BCUT2D eigenvalue weighted by atomic mass is 16.5. The first-order valence-corrected chi connectivity index (χ1v) is 7.91. The van der Waals surface area contributed by atoms with Crippen molar-refractivity contribution >= 4 is 11.5 Å². The van der Waals surface area contributed by atoms with Crippen molar-refractivity contribution in [2.24, 2.45) is 0 Å². The van der Waals surface area contributed by atoms with Gasteiger partial charge in [0.15, 0.2) is 0 Å². The number of carbonyl (C=O) groups excluding carboxylic acids is 1. The summed E-state index contributed by atoms with van der Waals surface area (Å²) in [7, 11) is 0. The van der Waals surface area contributed by atoms with Gasteiger partial charge in [-0.25, -0.2) is 0 Å². The van der Waals surface area contributed by atoms with Crippen molar-refractivity contribution in [3.05, 3.63) is 53.6 Å². The molecule has 0 bridgehead atoms. The summed E-state index contributed by atoms with van der Waals surface area (Å²) in [6.07, 6.45) is 12.5. The molecule has 0 fully saturated rings. The number of unbranched alkanes of at least 4 members (excludes halogenated alkanes) is 1. The van der Waals surface area contributed by atoms with Gasteiger partial charge in [0.1, 0.15) is 0 Å². The zero-order valence-electron chi connectivity index (χ0n) is 12.8. The lowest BCUT2D eigenvalue weighted by molar-refractivity contribution is -0.143. The fourth-order valence-electron chi connectivity index (χ4n) is 2.52. The summed E-state index contributed by atoms with van der Waals surface area (Å²) in [4.78, 5) is 11.2. The van der Waals surface area contributed by atoms with Gasteiger partial charge in [-0.15, -0.1) is 0 Å². The summed E-state index contributed by atoms with van der Waals surface area (Å²) >= 11 is 0. The molecule has 1 aromatic carbocycles. The van der Waals surface area contributed by atoms with E-state index in [4.69, 9.17) is 4.74 Å². The molecule has 0 N–H and O–H groups in total. The summed E-state index contributed by atoms with van der Waals surface area (Å²) in [6, 6.07) is 8.79. The van der Waals surface area contributed by atoms with Crippen LogP contribution in [0.4, 0.5) is 0 Å². The third-order valence-corrected chi connectivity index (χ3v) is 3.68. The molecular formula is C19H24O2. The lowest BCUT2D eigenvalue weighted by Crippen LogP contribution is -2.03. The number of allylic oxidation sites excluding steroid dienone is 4. The second-order valence-corrected chi connectivity index (χ2v) is 5.35. The van der Waals surface area contributed by atoms with Crippen molar-refractivity contribution in [2.45, 2.75) is 45.4 Å². The quantitative estimate of drug-likeness (QED) is 0.536. The molecule has 0 saturated carbocycles. The largest absolute Gasteiger partial charge is 0.466 e. The lowest BCUT2D eigenvalue weighted by atomic mass is 9.97. The fourth-order valence-corrected chi connectivity index (χ4v) is 2.52. The maximum atomic E-state index is 11.2. The summed E-state index contributed by atoms with van der Waals surface area (Å²) in [5.74, 6) is -0.0797. The van der Waals surface area contributed by atoms with Crippen molar-refractivity contribution in [1.29, 1.82) is 0 Å². The average Bonchev–Trinajstić information content (AvgIpc) is 2.53. The first-order chi connectivity index (χ1) is 10.3. The minimum Gasteiger partial charge on any atom is -0.466 e. The molecule has 2 rings (SSSR count). The van der Waals surface area contributed by atoms with E-state index < -0.39 is 0 Å². The van der Waals surface area contributed by atoms with Crippen molar-refractivity contribution in [1.82, 2.24) is 0 Å². The summed E-state index contributed by atoms with van der Waals surface area (Å²) < 4.78 is 4.93. The van der Waals surface area contributed by atoms with Gasteiger partial charge in [0.2, 0.25) is 0 Å². The van der Waals surface area contributed by atoms with Gasteiger partial charge in [-0.05, 0) is 55.7 Å². The van der Waals surface area contributed by atoms with E-state index in [9.17, 15) is 4.79 Å².